The lowest BCUT2D eigenvalue weighted by Crippen LogP contribution is -2.50. The van der Waals surface area contributed by atoms with Gasteiger partial charge in [-0.3, -0.25) is 9.69 Å². The maximum atomic E-state index is 12.0. The average molecular weight is 299 g/mol. The van der Waals surface area contributed by atoms with Crippen molar-refractivity contribution in [1.29, 1.82) is 0 Å². The summed E-state index contributed by atoms with van der Waals surface area (Å²) >= 11 is 0. The molecule has 0 bridgehead atoms. The van der Waals surface area contributed by atoms with Crippen molar-refractivity contribution in [2.24, 2.45) is 17.6 Å². The summed E-state index contributed by atoms with van der Waals surface area (Å²) < 4.78 is 5.16. The summed E-state index contributed by atoms with van der Waals surface area (Å²) in [5.41, 5.74) is 5.55. The summed E-state index contributed by atoms with van der Waals surface area (Å²) in [5, 5.41) is 3.06. The number of hydrogen-bond acceptors (Lipinski definition) is 4. The Morgan fingerprint density at radius 2 is 2.00 bits per heavy atom. The zero-order valence-electron chi connectivity index (χ0n) is 14.1. The molecule has 1 fully saturated rings. The quantitative estimate of drug-likeness (QED) is 0.707. The molecule has 2 unspecified atom stereocenters. The second kappa shape index (κ2) is 9.38. The third-order valence-electron chi connectivity index (χ3n) is 4.57. The topological polar surface area (TPSA) is 67.6 Å². The van der Waals surface area contributed by atoms with E-state index in [4.69, 9.17) is 10.5 Å². The van der Waals surface area contributed by atoms with Crippen molar-refractivity contribution in [3.63, 3.8) is 0 Å². The fourth-order valence-electron chi connectivity index (χ4n) is 2.91. The van der Waals surface area contributed by atoms with E-state index in [0.29, 0.717) is 31.5 Å². The Balaban J connectivity index is 2.42. The van der Waals surface area contributed by atoms with Gasteiger partial charge < -0.3 is 15.8 Å². The number of nitrogens with one attached hydrogen (secondary N) is 1. The Labute approximate surface area is 129 Å². The summed E-state index contributed by atoms with van der Waals surface area (Å²) in [7, 11) is 1.59. The molecule has 3 N–H and O–H groups in total. The van der Waals surface area contributed by atoms with Crippen LogP contribution in [0.4, 0.5) is 0 Å². The molecule has 0 aliphatic carbocycles. The van der Waals surface area contributed by atoms with Crippen LogP contribution in [0.15, 0.2) is 0 Å². The highest BCUT2D eigenvalue weighted by Crippen LogP contribution is 2.21. The van der Waals surface area contributed by atoms with Gasteiger partial charge in [0.25, 0.3) is 0 Å². The molecule has 21 heavy (non-hydrogen) atoms. The number of nitrogens with two attached hydrogens (primary N) is 1. The molecule has 1 saturated heterocycles. The van der Waals surface area contributed by atoms with Gasteiger partial charge in [0.05, 0.1) is 12.5 Å². The standard InChI is InChI=1S/C16H33N3O2/c1-12(2)15(19-7-5-13(3)6-8-19)11-18-16(20)9-14(10-17)21-4/h12-15H,5-11,17H2,1-4H3,(H,18,20). The van der Waals surface area contributed by atoms with E-state index in [9.17, 15) is 4.79 Å². The minimum Gasteiger partial charge on any atom is -0.380 e. The van der Waals surface area contributed by atoms with Crippen LogP contribution >= 0.6 is 0 Å². The predicted octanol–water partition coefficient (Wildman–Crippen LogP) is 1.22. The molecule has 1 amide bonds. The fraction of sp³-hybridized carbons (Fsp3) is 0.938. The number of likely N-dealkylation sites (tertiary alicyclic amines) is 1. The van der Waals surface area contributed by atoms with Crippen molar-refractivity contribution in [3.05, 3.63) is 0 Å². The molecule has 1 heterocycles. The number of rotatable bonds is 8. The van der Waals surface area contributed by atoms with Crippen molar-refractivity contribution in [1.82, 2.24) is 10.2 Å². The zero-order chi connectivity index (χ0) is 15.8. The molecule has 0 aromatic carbocycles. The molecule has 0 aromatic heterocycles. The maximum Gasteiger partial charge on any atom is 0.222 e. The molecule has 2 atom stereocenters. The normalized spacial score (nSPS) is 20.5. The van der Waals surface area contributed by atoms with Crippen LogP contribution in [0, 0.1) is 11.8 Å². The van der Waals surface area contributed by atoms with Gasteiger partial charge in [-0.25, -0.2) is 0 Å². The van der Waals surface area contributed by atoms with Gasteiger partial charge >= 0.3 is 0 Å². The van der Waals surface area contributed by atoms with E-state index in [1.165, 1.54) is 12.8 Å². The summed E-state index contributed by atoms with van der Waals surface area (Å²) in [4.78, 5) is 14.5. The smallest absolute Gasteiger partial charge is 0.222 e. The van der Waals surface area contributed by atoms with Gasteiger partial charge in [-0.05, 0) is 37.8 Å². The third kappa shape index (κ3) is 6.32. The Morgan fingerprint density at radius 3 is 2.48 bits per heavy atom. The summed E-state index contributed by atoms with van der Waals surface area (Å²) in [6, 6.07) is 0.417. The number of amides is 1. The first-order chi connectivity index (χ1) is 9.97. The van der Waals surface area contributed by atoms with Crippen LogP contribution in [-0.4, -0.2) is 56.2 Å². The molecule has 0 spiro atoms. The summed E-state index contributed by atoms with van der Waals surface area (Å²) in [6.45, 7) is 10.2. The lowest BCUT2D eigenvalue weighted by atomic mass is 9.94. The van der Waals surface area contributed by atoms with Crippen LogP contribution in [0.5, 0.6) is 0 Å². The van der Waals surface area contributed by atoms with Gasteiger partial charge in [-0.1, -0.05) is 20.8 Å². The van der Waals surface area contributed by atoms with E-state index in [-0.39, 0.29) is 12.0 Å². The first kappa shape index (κ1) is 18.4. The fourth-order valence-corrected chi connectivity index (χ4v) is 2.91. The SMILES string of the molecule is COC(CN)CC(=O)NCC(C(C)C)N1CCC(C)CC1. The Bertz CT molecular complexity index is 298. The highest BCUT2D eigenvalue weighted by atomic mass is 16.5. The molecular weight excluding hydrogens is 266 g/mol. The van der Waals surface area contributed by atoms with Crippen LogP contribution in [0.2, 0.25) is 0 Å². The lowest BCUT2D eigenvalue weighted by molar-refractivity contribution is -0.123. The second-order valence-electron chi connectivity index (χ2n) is 6.63. The van der Waals surface area contributed by atoms with E-state index in [1.807, 2.05) is 0 Å². The Kier molecular flexibility index (Phi) is 8.22. The van der Waals surface area contributed by atoms with Gasteiger partial charge in [0.1, 0.15) is 0 Å². The first-order valence-electron chi connectivity index (χ1n) is 8.21. The largest absolute Gasteiger partial charge is 0.380 e. The van der Waals surface area contributed by atoms with Crippen molar-refractivity contribution in [2.45, 2.75) is 52.2 Å². The molecule has 1 rings (SSSR count). The first-order valence-corrected chi connectivity index (χ1v) is 8.21. The van der Waals surface area contributed by atoms with Crippen molar-refractivity contribution >= 4 is 5.91 Å². The van der Waals surface area contributed by atoms with Crippen LogP contribution in [0.3, 0.4) is 0 Å². The number of ether oxygens (including phenoxy) is 1. The van der Waals surface area contributed by atoms with Gasteiger partial charge in [0.15, 0.2) is 0 Å². The minimum atomic E-state index is -0.182. The van der Waals surface area contributed by atoms with Crippen molar-refractivity contribution in [2.75, 3.05) is 33.3 Å². The molecule has 0 saturated carbocycles. The van der Waals surface area contributed by atoms with Crippen LogP contribution < -0.4 is 11.1 Å². The van der Waals surface area contributed by atoms with E-state index < -0.39 is 0 Å². The van der Waals surface area contributed by atoms with Crippen LogP contribution in [0.1, 0.15) is 40.0 Å². The van der Waals surface area contributed by atoms with E-state index >= 15 is 0 Å². The monoisotopic (exact) mass is 299 g/mol. The predicted molar refractivity (Wildman–Crippen MR) is 86.1 cm³/mol. The van der Waals surface area contributed by atoms with Gasteiger partial charge in [0, 0.05) is 26.2 Å². The number of hydrogen-bond donors (Lipinski definition) is 2. The molecular formula is C16H33N3O2. The minimum absolute atomic E-state index is 0.0309. The van der Waals surface area contributed by atoms with Gasteiger partial charge in [-0.15, -0.1) is 0 Å². The van der Waals surface area contributed by atoms with E-state index in [1.54, 1.807) is 7.11 Å². The average Bonchev–Trinajstić information content (AvgIpc) is 2.46. The molecule has 0 aromatic rings. The van der Waals surface area contributed by atoms with E-state index in [0.717, 1.165) is 19.0 Å². The lowest BCUT2D eigenvalue weighted by Gasteiger charge is -2.39. The molecule has 0 radical (unpaired) electrons. The van der Waals surface area contributed by atoms with Crippen molar-refractivity contribution < 1.29 is 9.53 Å². The molecule has 1 aliphatic rings. The third-order valence-corrected chi connectivity index (χ3v) is 4.57. The number of carbonyl (C=O) groups is 1. The second-order valence-corrected chi connectivity index (χ2v) is 6.63. The molecule has 1 aliphatic heterocycles. The number of piperidine rings is 1. The van der Waals surface area contributed by atoms with Crippen LogP contribution in [0.25, 0.3) is 0 Å². The Hall–Kier alpha value is -0.650. The van der Waals surface area contributed by atoms with E-state index in [2.05, 4.69) is 31.0 Å². The molecule has 5 nitrogen and oxygen atoms in total. The number of methoxy groups -OCH3 is 1. The summed E-state index contributed by atoms with van der Waals surface area (Å²) in [6.07, 6.45) is 2.68. The van der Waals surface area contributed by atoms with Gasteiger partial charge in [-0.2, -0.15) is 0 Å². The highest BCUT2D eigenvalue weighted by molar-refractivity contribution is 5.76. The van der Waals surface area contributed by atoms with Crippen molar-refractivity contribution in [3.8, 4) is 0 Å². The maximum absolute atomic E-state index is 12.0. The molecule has 5 heteroatoms. The van der Waals surface area contributed by atoms with Crippen LogP contribution in [-0.2, 0) is 9.53 Å². The number of carbonyl (C=O) groups excluding carboxylic acids is 1. The zero-order valence-corrected chi connectivity index (χ0v) is 14.1. The molecule has 124 valence electrons. The summed E-state index contributed by atoms with van der Waals surface area (Å²) in [5.74, 6) is 1.39. The van der Waals surface area contributed by atoms with Gasteiger partial charge in [0.2, 0.25) is 5.91 Å². The highest BCUT2D eigenvalue weighted by Gasteiger charge is 2.26. The Morgan fingerprint density at radius 1 is 1.38 bits per heavy atom. The number of nitrogens with zero attached hydrogens (tertiary/aromatic N) is 1.